The van der Waals surface area contributed by atoms with Crippen molar-refractivity contribution in [1.82, 2.24) is 9.88 Å². The molecule has 1 aromatic heterocycles. The van der Waals surface area contributed by atoms with Crippen molar-refractivity contribution in [3.8, 4) is 5.75 Å². The number of nitrogens with zero attached hydrogens (tertiary/aromatic N) is 2. The molecule has 1 aliphatic rings. The molecule has 3 rings (SSSR count). The Morgan fingerprint density at radius 3 is 2.62 bits per heavy atom. The molecule has 26 heavy (non-hydrogen) atoms. The van der Waals surface area contributed by atoms with Crippen LogP contribution in [0.15, 0.2) is 48.8 Å². The highest BCUT2D eigenvalue weighted by atomic mass is 16.4. The summed E-state index contributed by atoms with van der Waals surface area (Å²) >= 11 is 0. The van der Waals surface area contributed by atoms with E-state index >= 15 is 0 Å². The van der Waals surface area contributed by atoms with Crippen molar-refractivity contribution in [2.75, 3.05) is 13.1 Å². The lowest BCUT2D eigenvalue weighted by Gasteiger charge is -2.43. The Labute approximate surface area is 150 Å². The molecule has 1 aromatic carbocycles. The van der Waals surface area contributed by atoms with Gasteiger partial charge in [-0.15, -0.1) is 0 Å². The van der Waals surface area contributed by atoms with Gasteiger partial charge in [0.05, 0.1) is 17.9 Å². The Hall–Kier alpha value is -2.93. The number of aromatic nitrogens is 1. The highest BCUT2D eigenvalue weighted by molar-refractivity contribution is 5.97. The monoisotopic (exact) mass is 356 g/mol. The Balaban J connectivity index is 1.91. The standard InChI is InChI=1S/C19H20N2O5/c22-15-11-20-8-6-14(15)17(24)21-9-7-16(23)19(12-21,18(25)26)10-13-4-2-1-3-5-13/h1-6,8,11,16,22-23H,7,9-10,12H2,(H,25,26)/t16-,19+/m0/s1. The van der Waals surface area contributed by atoms with Crippen molar-refractivity contribution in [1.29, 1.82) is 0 Å². The van der Waals surface area contributed by atoms with Crippen LogP contribution in [0.3, 0.4) is 0 Å². The van der Waals surface area contributed by atoms with E-state index in [1.165, 1.54) is 23.4 Å². The van der Waals surface area contributed by atoms with Crippen LogP contribution in [-0.4, -0.2) is 56.3 Å². The second-order valence-corrected chi connectivity index (χ2v) is 6.55. The molecule has 0 bridgehead atoms. The zero-order chi connectivity index (χ0) is 18.7. The average molecular weight is 356 g/mol. The van der Waals surface area contributed by atoms with Crippen molar-refractivity contribution < 1.29 is 24.9 Å². The number of rotatable bonds is 4. The molecule has 0 saturated carbocycles. The highest BCUT2D eigenvalue weighted by Gasteiger charge is 2.50. The van der Waals surface area contributed by atoms with Gasteiger partial charge >= 0.3 is 5.97 Å². The molecule has 0 radical (unpaired) electrons. The van der Waals surface area contributed by atoms with Gasteiger partial charge in [-0.25, -0.2) is 0 Å². The van der Waals surface area contributed by atoms with Gasteiger partial charge in [0.25, 0.3) is 5.91 Å². The Morgan fingerprint density at radius 2 is 1.96 bits per heavy atom. The zero-order valence-electron chi connectivity index (χ0n) is 14.1. The smallest absolute Gasteiger partial charge is 0.314 e. The highest BCUT2D eigenvalue weighted by Crippen LogP contribution is 2.35. The fourth-order valence-electron chi connectivity index (χ4n) is 3.41. The number of benzene rings is 1. The number of carboxylic acid groups (broad SMARTS) is 1. The summed E-state index contributed by atoms with van der Waals surface area (Å²) in [6, 6.07) is 10.4. The quantitative estimate of drug-likeness (QED) is 0.762. The van der Waals surface area contributed by atoms with Crippen LogP contribution in [0.25, 0.3) is 0 Å². The number of aliphatic hydroxyl groups is 1. The molecule has 7 nitrogen and oxygen atoms in total. The van der Waals surface area contributed by atoms with Crippen molar-refractivity contribution in [2.45, 2.75) is 18.9 Å². The van der Waals surface area contributed by atoms with Gasteiger partial charge in [0.1, 0.15) is 11.2 Å². The van der Waals surface area contributed by atoms with Crippen LogP contribution in [0.1, 0.15) is 22.3 Å². The van der Waals surface area contributed by atoms with Gasteiger partial charge in [0.15, 0.2) is 0 Å². The number of carboxylic acids is 1. The first kappa shape index (κ1) is 17.9. The largest absolute Gasteiger partial charge is 0.505 e. The number of aliphatic hydroxyl groups excluding tert-OH is 1. The molecule has 7 heteroatoms. The molecule has 1 saturated heterocycles. The maximum absolute atomic E-state index is 12.8. The number of aromatic hydroxyl groups is 1. The van der Waals surface area contributed by atoms with Gasteiger partial charge in [-0.2, -0.15) is 0 Å². The molecule has 2 heterocycles. The minimum Gasteiger partial charge on any atom is -0.505 e. The second kappa shape index (κ2) is 7.13. The average Bonchev–Trinajstić information content (AvgIpc) is 2.64. The number of carbonyl (C=O) groups excluding carboxylic acids is 1. The Bertz CT molecular complexity index is 811. The van der Waals surface area contributed by atoms with E-state index < -0.39 is 23.4 Å². The topological polar surface area (TPSA) is 111 Å². The lowest BCUT2D eigenvalue weighted by atomic mass is 9.72. The van der Waals surface area contributed by atoms with Crippen LogP contribution in [0.5, 0.6) is 5.75 Å². The molecule has 1 fully saturated rings. The van der Waals surface area contributed by atoms with E-state index in [1.54, 1.807) is 24.3 Å². The minimum absolute atomic E-state index is 0.0652. The van der Waals surface area contributed by atoms with E-state index in [9.17, 15) is 24.9 Å². The Kier molecular flexibility index (Phi) is 4.90. The van der Waals surface area contributed by atoms with Gasteiger partial charge in [-0.05, 0) is 24.5 Å². The molecule has 136 valence electrons. The number of piperidine rings is 1. The van der Waals surface area contributed by atoms with E-state index in [-0.39, 0.29) is 37.2 Å². The third kappa shape index (κ3) is 3.25. The van der Waals surface area contributed by atoms with E-state index in [4.69, 9.17) is 0 Å². The van der Waals surface area contributed by atoms with E-state index in [0.717, 1.165) is 5.56 Å². The predicted octanol–water partition coefficient (Wildman–Crippen LogP) is 1.31. The summed E-state index contributed by atoms with van der Waals surface area (Å²) < 4.78 is 0. The first-order valence-corrected chi connectivity index (χ1v) is 8.32. The van der Waals surface area contributed by atoms with Crippen molar-refractivity contribution in [2.24, 2.45) is 5.41 Å². The Morgan fingerprint density at radius 1 is 1.23 bits per heavy atom. The summed E-state index contributed by atoms with van der Waals surface area (Å²) in [5.74, 6) is -1.88. The second-order valence-electron chi connectivity index (χ2n) is 6.55. The van der Waals surface area contributed by atoms with Crippen molar-refractivity contribution >= 4 is 11.9 Å². The number of likely N-dealkylation sites (tertiary alicyclic amines) is 1. The summed E-state index contributed by atoms with van der Waals surface area (Å²) in [7, 11) is 0. The zero-order valence-corrected chi connectivity index (χ0v) is 14.1. The van der Waals surface area contributed by atoms with Gasteiger partial charge in [-0.1, -0.05) is 30.3 Å². The maximum atomic E-state index is 12.8. The molecule has 3 N–H and O–H groups in total. The SMILES string of the molecule is O=C(c1ccncc1O)N1CC[C@H](O)[C@](Cc2ccccc2)(C(=O)O)C1. The van der Waals surface area contributed by atoms with Gasteiger partial charge in [0, 0.05) is 19.3 Å². The van der Waals surface area contributed by atoms with E-state index in [2.05, 4.69) is 4.98 Å². The lowest BCUT2D eigenvalue weighted by molar-refractivity contribution is -0.161. The number of carbonyl (C=O) groups is 2. The first-order chi connectivity index (χ1) is 12.4. The lowest BCUT2D eigenvalue weighted by Crippen LogP contribution is -2.58. The predicted molar refractivity (Wildman–Crippen MR) is 92.6 cm³/mol. The molecular weight excluding hydrogens is 336 g/mol. The molecule has 1 aliphatic heterocycles. The number of pyridine rings is 1. The van der Waals surface area contributed by atoms with E-state index in [0.29, 0.717) is 0 Å². The number of hydrogen-bond donors (Lipinski definition) is 3. The van der Waals surface area contributed by atoms with Crippen molar-refractivity contribution in [3.63, 3.8) is 0 Å². The maximum Gasteiger partial charge on any atom is 0.314 e. The summed E-state index contributed by atoms with van der Waals surface area (Å²) in [4.78, 5) is 30.0. The minimum atomic E-state index is -1.50. The molecular formula is C19H20N2O5. The third-order valence-corrected chi connectivity index (χ3v) is 4.89. The molecule has 2 aromatic rings. The number of hydrogen-bond acceptors (Lipinski definition) is 5. The summed E-state index contributed by atoms with van der Waals surface area (Å²) in [6.45, 7) is 0.0740. The van der Waals surface area contributed by atoms with Crippen molar-refractivity contribution in [3.05, 3.63) is 59.9 Å². The molecule has 0 unspecified atom stereocenters. The van der Waals surface area contributed by atoms with Crippen LogP contribution < -0.4 is 0 Å². The van der Waals surface area contributed by atoms with Crippen LogP contribution in [0.2, 0.25) is 0 Å². The summed E-state index contributed by atoms with van der Waals surface area (Å²) in [5, 5.41) is 30.2. The number of amides is 1. The molecule has 0 aliphatic carbocycles. The first-order valence-electron chi connectivity index (χ1n) is 8.32. The summed E-state index contributed by atoms with van der Waals surface area (Å²) in [6.07, 6.45) is 1.74. The molecule has 1 amide bonds. The van der Waals surface area contributed by atoms with Gasteiger partial charge < -0.3 is 20.2 Å². The molecule has 0 spiro atoms. The van der Waals surface area contributed by atoms with Crippen LogP contribution in [0, 0.1) is 5.41 Å². The number of aliphatic carboxylic acids is 1. The van der Waals surface area contributed by atoms with Crippen LogP contribution >= 0.6 is 0 Å². The van der Waals surface area contributed by atoms with Crippen LogP contribution in [-0.2, 0) is 11.2 Å². The van der Waals surface area contributed by atoms with Gasteiger partial charge in [0.2, 0.25) is 0 Å². The van der Waals surface area contributed by atoms with Crippen LogP contribution in [0.4, 0.5) is 0 Å². The fourth-order valence-corrected chi connectivity index (χ4v) is 3.41. The molecule has 2 atom stereocenters. The van der Waals surface area contributed by atoms with E-state index in [1.807, 2.05) is 6.07 Å². The van der Waals surface area contributed by atoms with Gasteiger partial charge in [-0.3, -0.25) is 14.6 Å². The fraction of sp³-hybridized carbons (Fsp3) is 0.316. The normalized spacial score (nSPS) is 22.8. The summed E-state index contributed by atoms with van der Waals surface area (Å²) in [5.41, 5.74) is -0.664. The third-order valence-electron chi connectivity index (χ3n) is 4.89.